The molecular weight excluding hydrogens is 300 g/mol. The minimum Gasteiger partial charge on any atom is -0.261 e. The van der Waals surface area contributed by atoms with E-state index < -0.39 is 0 Å². The van der Waals surface area contributed by atoms with E-state index in [1.807, 2.05) is 17.5 Å². The third kappa shape index (κ3) is 4.87. The van der Waals surface area contributed by atoms with E-state index in [1.54, 1.807) is 0 Å². The molecule has 0 bridgehead atoms. The molecule has 0 N–H and O–H groups in total. The lowest BCUT2D eigenvalue weighted by Gasteiger charge is -2.15. The summed E-state index contributed by atoms with van der Waals surface area (Å²) in [4.78, 5) is 10.7. The fourth-order valence-corrected chi connectivity index (χ4v) is 3.62. The Kier molecular flexibility index (Phi) is 6.34. The van der Waals surface area contributed by atoms with Crippen LogP contribution in [0.25, 0.3) is 0 Å². The molecule has 23 heavy (non-hydrogen) atoms. The number of hydrogen-bond donors (Lipinski definition) is 0. The lowest BCUT2D eigenvalue weighted by Crippen LogP contribution is -2.01. The molecule has 126 valence electrons. The van der Waals surface area contributed by atoms with Gasteiger partial charge in [0, 0.05) is 28.9 Å². The predicted molar refractivity (Wildman–Crippen MR) is 101 cm³/mol. The van der Waals surface area contributed by atoms with Crippen molar-refractivity contribution in [3.05, 3.63) is 45.7 Å². The van der Waals surface area contributed by atoms with Crippen molar-refractivity contribution in [3.63, 3.8) is 0 Å². The molecule has 2 heterocycles. The van der Waals surface area contributed by atoms with Crippen LogP contribution in [0.3, 0.4) is 0 Å². The lowest BCUT2D eigenvalue weighted by atomic mass is 9.95. The zero-order valence-corrected chi connectivity index (χ0v) is 16.2. The molecule has 0 fully saturated rings. The highest BCUT2D eigenvalue weighted by Gasteiger charge is 2.15. The highest BCUT2D eigenvalue weighted by molar-refractivity contribution is 7.11. The smallest absolute Gasteiger partial charge is 0.0955 e. The minimum atomic E-state index is 0.503. The molecular formula is C20H30N2S. The first-order valence-corrected chi connectivity index (χ1v) is 9.61. The second-order valence-corrected chi connectivity index (χ2v) is 8.40. The zero-order valence-electron chi connectivity index (χ0n) is 15.3. The van der Waals surface area contributed by atoms with Crippen molar-refractivity contribution < 1.29 is 0 Å². The first kappa shape index (κ1) is 18.1. The molecule has 2 nitrogen and oxygen atoms in total. The SMILES string of the molecule is CC(C)c1ccc(C(C)CCC(C)c2ncc(C(C)C)s2)nc1. The van der Waals surface area contributed by atoms with Gasteiger partial charge in [-0.15, -0.1) is 11.3 Å². The molecule has 0 spiro atoms. The molecule has 0 radical (unpaired) electrons. The monoisotopic (exact) mass is 330 g/mol. The number of thiazole rings is 1. The van der Waals surface area contributed by atoms with E-state index in [-0.39, 0.29) is 0 Å². The Morgan fingerprint density at radius 2 is 1.52 bits per heavy atom. The van der Waals surface area contributed by atoms with Gasteiger partial charge in [-0.25, -0.2) is 4.98 Å². The van der Waals surface area contributed by atoms with Gasteiger partial charge in [0.25, 0.3) is 0 Å². The second kappa shape index (κ2) is 8.05. The summed E-state index contributed by atoms with van der Waals surface area (Å²) in [6.07, 6.45) is 6.41. The highest BCUT2D eigenvalue weighted by atomic mass is 32.1. The summed E-state index contributed by atoms with van der Waals surface area (Å²) in [5.74, 6) is 2.16. The van der Waals surface area contributed by atoms with Gasteiger partial charge in [0.05, 0.1) is 5.01 Å². The second-order valence-electron chi connectivity index (χ2n) is 7.31. The topological polar surface area (TPSA) is 25.8 Å². The highest BCUT2D eigenvalue weighted by Crippen LogP contribution is 2.31. The Morgan fingerprint density at radius 3 is 2.04 bits per heavy atom. The summed E-state index contributed by atoms with van der Waals surface area (Å²) < 4.78 is 0. The van der Waals surface area contributed by atoms with Gasteiger partial charge in [-0.2, -0.15) is 0 Å². The molecule has 0 aromatic carbocycles. The summed E-state index contributed by atoms with van der Waals surface area (Å²) in [5.41, 5.74) is 2.53. The Hall–Kier alpha value is -1.22. The van der Waals surface area contributed by atoms with Gasteiger partial charge in [0.2, 0.25) is 0 Å². The third-order valence-corrected chi connectivity index (χ3v) is 6.07. The van der Waals surface area contributed by atoms with Crippen LogP contribution in [0.15, 0.2) is 24.5 Å². The van der Waals surface area contributed by atoms with E-state index in [0.717, 1.165) is 6.42 Å². The summed E-state index contributed by atoms with van der Waals surface area (Å²) in [5, 5.41) is 1.28. The van der Waals surface area contributed by atoms with E-state index in [1.165, 1.54) is 27.6 Å². The Bertz CT molecular complexity index is 598. The van der Waals surface area contributed by atoms with Crippen LogP contribution >= 0.6 is 11.3 Å². The molecule has 0 saturated carbocycles. The van der Waals surface area contributed by atoms with Crippen LogP contribution in [0, 0.1) is 0 Å². The van der Waals surface area contributed by atoms with Gasteiger partial charge >= 0.3 is 0 Å². The van der Waals surface area contributed by atoms with E-state index >= 15 is 0 Å². The largest absolute Gasteiger partial charge is 0.261 e. The Labute approximate surface area is 145 Å². The van der Waals surface area contributed by atoms with Crippen molar-refractivity contribution in [1.82, 2.24) is 9.97 Å². The molecule has 2 atom stereocenters. The van der Waals surface area contributed by atoms with E-state index in [2.05, 4.69) is 69.8 Å². The number of hydrogen-bond acceptors (Lipinski definition) is 3. The molecule has 0 saturated heterocycles. The molecule has 2 aromatic rings. The average Bonchev–Trinajstić information content (AvgIpc) is 3.02. The minimum absolute atomic E-state index is 0.503. The molecule has 0 aliphatic carbocycles. The van der Waals surface area contributed by atoms with Crippen LogP contribution < -0.4 is 0 Å². The van der Waals surface area contributed by atoms with Gasteiger partial charge < -0.3 is 0 Å². The molecule has 3 heteroatoms. The maximum atomic E-state index is 4.66. The van der Waals surface area contributed by atoms with Crippen molar-refractivity contribution in [2.75, 3.05) is 0 Å². The van der Waals surface area contributed by atoms with Crippen molar-refractivity contribution in [2.45, 2.75) is 78.1 Å². The fraction of sp³-hybridized carbons (Fsp3) is 0.600. The standard InChI is InChI=1S/C20H30N2S/c1-13(2)17-9-10-18(21-11-17)15(5)7-8-16(6)20-22-12-19(23-20)14(3)4/h9-16H,7-8H2,1-6H3. The van der Waals surface area contributed by atoms with E-state index in [4.69, 9.17) is 0 Å². The third-order valence-electron chi connectivity index (χ3n) is 4.55. The summed E-state index contributed by atoms with van der Waals surface area (Å²) in [7, 11) is 0. The van der Waals surface area contributed by atoms with Gasteiger partial charge in [-0.1, -0.05) is 47.6 Å². The number of nitrogens with zero attached hydrogens (tertiary/aromatic N) is 2. The normalized spacial score (nSPS) is 14.4. The first-order valence-electron chi connectivity index (χ1n) is 8.80. The van der Waals surface area contributed by atoms with Crippen LogP contribution in [-0.4, -0.2) is 9.97 Å². The zero-order chi connectivity index (χ0) is 17.0. The van der Waals surface area contributed by atoms with Gasteiger partial charge in [0.1, 0.15) is 0 Å². The average molecular weight is 331 g/mol. The predicted octanol–water partition coefficient (Wildman–Crippen LogP) is 6.47. The van der Waals surface area contributed by atoms with Gasteiger partial charge in [0.15, 0.2) is 0 Å². The van der Waals surface area contributed by atoms with Crippen molar-refractivity contribution in [3.8, 4) is 0 Å². The molecule has 0 amide bonds. The van der Waals surface area contributed by atoms with Gasteiger partial charge in [-0.3, -0.25) is 4.98 Å². The number of aromatic nitrogens is 2. The number of rotatable bonds is 7. The van der Waals surface area contributed by atoms with Crippen LogP contribution in [0.5, 0.6) is 0 Å². The summed E-state index contributed by atoms with van der Waals surface area (Å²) in [6, 6.07) is 4.42. The molecule has 2 rings (SSSR count). The van der Waals surface area contributed by atoms with Crippen molar-refractivity contribution in [2.24, 2.45) is 0 Å². The molecule has 0 aliphatic heterocycles. The molecule has 2 unspecified atom stereocenters. The van der Waals surface area contributed by atoms with Crippen molar-refractivity contribution in [1.29, 1.82) is 0 Å². The summed E-state index contributed by atoms with van der Waals surface area (Å²) in [6.45, 7) is 13.5. The molecule has 2 aromatic heterocycles. The van der Waals surface area contributed by atoms with Crippen LogP contribution in [-0.2, 0) is 0 Å². The quantitative estimate of drug-likeness (QED) is 0.581. The number of pyridine rings is 1. The van der Waals surface area contributed by atoms with Crippen molar-refractivity contribution >= 4 is 11.3 Å². The first-order chi connectivity index (χ1) is 10.9. The fourth-order valence-electron chi connectivity index (χ4n) is 2.62. The maximum absolute atomic E-state index is 4.66. The maximum Gasteiger partial charge on any atom is 0.0955 e. The van der Waals surface area contributed by atoms with E-state index in [9.17, 15) is 0 Å². The summed E-state index contributed by atoms with van der Waals surface area (Å²) >= 11 is 1.87. The Morgan fingerprint density at radius 1 is 0.826 bits per heavy atom. The van der Waals surface area contributed by atoms with Crippen LogP contribution in [0.1, 0.15) is 99.2 Å². The molecule has 0 aliphatic rings. The Balaban J connectivity index is 1.91. The lowest BCUT2D eigenvalue weighted by molar-refractivity contribution is 0.563. The van der Waals surface area contributed by atoms with Crippen LogP contribution in [0.4, 0.5) is 0 Å². The van der Waals surface area contributed by atoms with Crippen LogP contribution in [0.2, 0.25) is 0 Å². The van der Waals surface area contributed by atoms with E-state index in [0.29, 0.717) is 23.7 Å². The van der Waals surface area contributed by atoms with Gasteiger partial charge in [-0.05, 0) is 42.2 Å².